The van der Waals surface area contributed by atoms with Crippen molar-refractivity contribution in [1.29, 1.82) is 0 Å². The maximum atomic E-state index is 12.4. The van der Waals surface area contributed by atoms with E-state index in [9.17, 15) is 4.79 Å². The van der Waals surface area contributed by atoms with Crippen LogP contribution in [0, 0.1) is 6.92 Å². The SMILES string of the molecule is Cc1cc(CNC(=O)c2cccc([C@@H]3CCCNC3)c2)n(C)n1. The summed E-state index contributed by atoms with van der Waals surface area (Å²) < 4.78 is 1.81. The van der Waals surface area contributed by atoms with Gasteiger partial charge in [-0.05, 0) is 56.0 Å². The van der Waals surface area contributed by atoms with Crippen molar-refractivity contribution in [2.45, 2.75) is 32.2 Å². The number of aromatic nitrogens is 2. The van der Waals surface area contributed by atoms with Crippen molar-refractivity contribution >= 4 is 5.91 Å². The normalized spacial score (nSPS) is 17.9. The molecule has 3 rings (SSSR count). The second kappa shape index (κ2) is 6.96. The molecule has 1 aromatic carbocycles. The lowest BCUT2D eigenvalue weighted by molar-refractivity contribution is 0.0950. The molecule has 122 valence electrons. The Hall–Kier alpha value is -2.14. The molecule has 1 aliphatic rings. The zero-order chi connectivity index (χ0) is 16.2. The summed E-state index contributed by atoms with van der Waals surface area (Å²) in [5.41, 5.74) is 3.94. The summed E-state index contributed by atoms with van der Waals surface area (Å²) in [7, 11) is 1.89. The number of benzene rings is 1. The molecule has 23 heavy (non-hydrogen) atoms. The van der Waals surface area contributed by atoms with E-state index in [0.29, 0.717) is 12.5 Å². The Kier molecular flexibility index (Phi) is 4.76. The van der Waals surface area contributed by atoms with Crippen LogP contribution in [0.1, 0.15) is 46.1 Å². The van der Waals surface area contributed by atoms with Crippen LogP contribution < -0.4 is 10.6 Å². The largest absolute Gasteiger partial charge is 0.346 e. The topological polar surface area (TPSA) is 59.0 Å². The maximum Gasteiger partial charge on any atom is 0.251 e. The van der Waals surface area contributed by atoms with Gasteiger partial charge in [0.05, 0.1) is 17.9 Å². The first-order chi connectivity index (χ1) is 11.1. The first kappa shape index (κ1) is 15.7. The smallest absolute Gasteiger partial charge is 0.251 e. The summed E-state index contributed by atoms with van der Waals surface area (Å²) in [4.78, 5) is 12.4. The molecule has 2 aromatic rings. The molecule has 5 nitrogen and oxygen atoms in total. The molecule has 1 aromatic heterocycles. The lowest BCUT2D eigenvalue weighted by Gasteiger charge is -2.23. The van der Waals surface area contributed by atoms with E-state index in [2.05, 4.69) is 21.8 Å². The fraction of sp³-hybridized carbons (Fsp3) is 0.444. The van der Waals surface area contributed by atoms with E-state index in [1.165, 1.54) is 18.4 Å². The summed E-state index contributed by atoms with van der Waals surface area (Å²) in [6.45, 7) is 4.54. The molecule has 1 aliphatic heterocycles. The van der Waals surface area contributed by atoms with E-state index < -0.39 is 0 Å². The van der Waals surface area contributed by atoms with Crippen LogP contribution in [0.4, 0.5) is 0 Å². The fourth-order valence-corrected chi connectivity index (χ4v) is 3.17. The zero-order valence-electron chi connectivity index (χ0n) is 13.8. The third-order valence-electron chi connectivity index (χ3n) is 4.45. The van der Waals surface area contributed by atoms with Gasteiger partial charge in [0.2, 0.25) is 0 Å². The van der Waals surface area contributed by atoms with Crippen LogP contribution in [0.5, 0.6) is 0 Å². The molecule has 1 saturated heterocycles. The molecule has 0 bridgehead atoms. The predicted octanol–water partition coefficient (Wildman–Crippen LogP) is 2.13. The minimum atomic E-state index is -0.0329. The molecular weight excluding hydrogens is 288 g/mol. The molecule has 0 aliphatic carbocycles. The van der Waals surface area contributed by atoms with Gasteiger partial charge in [-0.2, -0.15) is 5.10 Å². The minimum Gasteiger partial charge on any atom is -0.346 e. The van der Waals surface area contributed by atoms with Crippen LogP contribution in [-0.2, 0) is 13.6 Å². The molecule has 0 saturated carbocycles. The van der Waals surface area contributed by atoms with Gasteiger partial charge in [0.15, 0.2) is 0 Å². The van der Waals surface area contributed by atoms with E-state index in [-0.39, 0.29) is 5.91 Å². The summed E-state index contributed by atoms with van der Waals surface area (Å²) in [6, 6.07) is 10.0. The Bertz CT molecular complexity index is 686. The van der Waals surface area contributed by atoms with Crippen molar-refractivity contribution in [3.63, 3.8) is 0 Å². The summed E-state index contributed by atoms with van der Waals surface area (Å²) in [5, 5.41) is 10.7. The van der Waals surface area contributed by atoms with Crippen LogP contribution in [0.2, 0.25) is 0 Å². The molecule has 2 N–H and O–H groups in total. The highest BCUT2D eigenvalue weighted by Crippen LogP contribution is 2.23. The lowest BCUT2D eigenvalue weighted by Crippen LogP contribution is -2.28. The Morgan fingerprint density at radius 2 is 2.30 bits per heavy atom. The van der Waals surface area contributed by atoms with E-state index in [4.69, 9.17) is 0 Å². The number of amides is 1. The number of hydrogen-bond acceptors (Lipinski definition) is 3. The van der Waals surface area contributed by atoms with Gasteiger partial charge in [-0.1, -0.05) is 12.1 Å². The Balaban J connectivity index is 1.66. The number of rotatable bonds is 4. The van der Waals surface area contributed by atoms with E-state index >= 15 is 0 Å². The molecule has 0 unspecified atom stereocenters. The monoisotopic (exact) mass is 312 g/mol. The molecule has 1 atom stereocenters. The van der Waals surface area contributed by atoms with Crippen LogP contribution in [0.15, 0.2) is 30.3 Å². The lowest BCUT2D eigenvalue weighted by atomic mass is 9.90. The van der Waals surface area contributed by atoms with Gasteiger partial charge in [-0.15, -0.1) is 0 Å². The van der Waals surface area contributed by atoms with E-state index in [0.717, 1.165) is 30.0 Å². The zero-order valence-corrected chi connectivity index (χ0v) is 13.8. The van der Waals surface area contributed by atoms with Gasteiger partial charge in [0, 0.05) is 19.2 Å². The molecular formula is C18H24N4O. The highest BCUT2D eigenvalue weighted by molar-refractivity contribution is 5.94. The van der Waals surface area contributed by atoms with Gasteiger partial charge in [-0.3, -0.25) is 9.48 Å². The standard InChI is InChI=1S/C18H24N4O/c1-13-9-17(22(2)21-13)12-20-18(23)15-6-3-5-14(10-15)16-7-4-8-19-11-16/h3,5-6,9-10,16,19H,4,7-8,11-12H2,1-2H3,(H,20,23)/t16-/m1/s1. The first-order valence-electron chi connectivity index (χ1n) is 8.22. The molecule has 0 spiro atoms. The van der Waals surface area contributed by atoms with Crippen molar-refractivity contribution < 1.29 is 4.79 Å². The number of carbonyl (C=O) groups excluding carboxylic acids is 1. The van der Waals surface area contributed by atoms with Crippen LogP contribution >= 0.6 is 0 Å². The van der Waals surface area contributed by atoms with Gasteiger partial charge in [-0.25, -0.2) is 0 Å². The number of piperidine rings is 1. The Labute approximate surface area is 137 Å². The fourth-order valence-electron chi connectivity index (χ4n) is 3.17. The molecule has 5 heteroatoms. The third-order valence-corrected chi connectivity index (χ3v) is 4.45. The number of aryl methyl sites for hydroxylation is 2. The maximum absolute atomic E-state index is 12.4. The number of nitrogens with zero attached hydrogens (tertiary/aromatic N) is 2. The average molecular weight is 312 g/mol. The number of nitrogens with one attached hydrogen (secondary N) is 2. The highest BCUT2D eigenvalue weighted by atomic mass is 16.1. The van der Waals surface area contributed by atoms with Gasteiger partial charge in [0.25, 0.3) is 5.91 Å². The molecule has 1 amide bonds. The summed E-state index contributed by atoms with van der Waals surface area (Å²) >= 11 is 0. The van der Waals surface area contributed by atoms with Gasteiger partial charge >= 0.3 is 0 Å². The van der Waals surface area contributed by atoms with Crippen molar-refractivity contribution in [3.8, 4) is 0 Å². The predicted molar refractivity (Wildman–Crippen MR) is 90.4 cm³/mol. The average Bonchev–Trinajstić information content (AvgIpc) is 2.91. The molecule has 2 heterocycles. The van der Waals surface area contributed by atoms with Crippen molar-refractivity contribution in [3.05, 3.63) is 52.8 Å². The quantitative estimate of drug-likeness (QED) is 0.909. The minimum absolute atomic E-state index is 0.0329. The van der Waals surface area contributed by atoms with Crippen LogP contribution in [-0.4, -0.2) is 28.8 Å². The Morgan fingerprint density at radius 1 is 1.43 bits per heavy atom. The van der Waals surface area contributed by atoms with Gasteiger partial charge < -0.3 is 10.6 Å². The van der Waals surface area contributed by atoms with Crippen molar-refractivity contribution in [1.82, 2.24) is 20.4 Å². The number of carbonyl (C=O) groups is 1. The number of hydrogen-bond donors (Lipinski definition) is 2. The third kappa shape index (κ3) is 3.79. The van der Waals surface area contributed by atoms with Crippen molar-refractivity contribution in [2.24, 2.45) is 7.05 Å². The summed E-state index contributed by atoms with van der Waals surface area (Å²) in [5.74, 6) is 0.477. The highest BCUT2D eigenvalue weighted by Gasteiger charge is 2.16. The summed E-state index contributed by atoms with van der Waals surface area (Å²) in [6.07, 6.45) is 2.38. The second-order valence-electron chi connectivity index (χ2n) is 6.25. The van der Waals surface area contributed by atoms with E-state index in [1.54, 1.807) is 4.68 Å². The second-order valence-corrected chi connectivity index (χ2v) is 6.25. The molecule has 1 fully saturated rings. The van der Waals surface area contributed by atoms with Crippen LogP contribution in [0.25, 0.3) is 0 Å². The van der Waals surface area contributed by atoms with E-state index in [1.807, 2.05) is 38.2 Å². The molecule has 0 radical (unpaired) electrons. The van der Waals surface area contributed by atoms with Crippen molar-refractivity contribution in [2.75, 3.05) is 13.1 Å². The van der Waals surface area contributed by atoms with Crippen LogP contribution in [0.3, 0.4) is 0 Å². The first-order valence-corrected chi connectivity index (χ1v) is 8.22. The van der Waals surface area contributed by atoms with Gasteiger partial charge in [0.1, 0.15) is 0 Å². The Morgan fingerprint density at radius 3 is 3.00 bits per heavy atom.